The van der Waals surface area contributed by atoms with Gasteiger partial charge in [0.25, 0.3) is 0 Å². The van der Waals surface area contributed by atoms with Gasteiger partial charge in [-0.1, -0.05) is 17.7 Å². The van der Waals surface area contributed by atoms with E-state index in [0.717, 1.165) is 17.7 Å². The number of rotatable bonds is 4. The van der Waals surface area contributed by atoms with E-state index in [4.69, 9.17) is 17.3 Å². The van der Waals surface area contributed by atoms with E-state index in [1.165, 1.54) is 10.4 Å². The average Bonchev–Trinajstić information content (AvgIpc) is 2.75. The summed E-state index contributed by atoms with van der Waals surface area (Å²) in [4.78, 5) is 1.35. The molecule has 1 aromatic heterocycles. The van der Waals surface area contributed by atoms with Crippen molar-refractivity contribution in [2.75, 3.05) is 12.8 Å². The van der Waals surface area contributed by atoms with Crippen LogP contribution in [-0.2, 0) is 6.42 Å². The Bertz CT molecular complexity index is 536. The van der Waals surface area contributed by atoms with E-state index in [1.54, 1.807) is 11.3 Å². The minimum atomic E-state index is 0.291. The quantitative estimate of drug-likeness (QED) is 0.836. The number of hydrogen-bond acceptors (Lipinski definition) is 3. The van der Waals surface area contributed by atoms with Crippen LogP contribution in [0, 0.1) is 6.92 Å². The number of thiophene rings is 1. The molecule has 0 radical (unpaired) electrons. The van der Waals surface area contributed by atoms with Crippen LogP contribution in [0.1, 0.15) is 22.0 Å². The fraction of sp³-hybridized carbons (Fsp3) is 0.286. The molecule has 96 valence electrons. The Morgan fingerprint density at radius 1 is 1.39 bits per heavy atom. The van der Waals surface area contributed by atoms with Crippen LogP contribution in [-0.4, -0.2) is 7.05 Å². The summed E-state index contributed by atoms with van der Waals surface area (Å²) >= 11 is 7.69. The maximum Gasteiger partial charge on any atom is 0.0426 e. The van der Waals surface area contributed by atoms with Crippen molar-refractivity contribution in [1.29, 1.82) is 0 Å². The number of halogens is 1. The second-order valence-electron chi connectivity index (χ2n) is 4.32. The molecule has 2 nitrogen and oxygen atoms in total. The molecule has 0 amide bonds. The smallest absolute Gasteiger partial charge is 0.0426 e. The van der Waals surface area contributed by atoms with Crippen LogP contribution in [0.2, 0.25) is 5.02 Å². The molecule has 0 saturated carbocycles. The highest BCUT2D eigenvalue weighted by molar-refractivity contribution is 7.10. The van der Waals surface area contributed by atoms with Crippen molar-refractivity contribution in [2.45, 2.75) is 19.4 Å². The third-order valence-corrected chi connectivity index (χ3v) is 4.25. The highest BCUT2D eigenvalue weighted by Gasteiger charge is 2.14. The van der Waals surface area contributed by atoms with Gasteiger partial charge in [-0.3, -0.25) is 0 Å². The molecule has 1 heterocycles. The highest BCUT2D eigenvalue weighted by atomic mass is 35.5. The molecular formula is C14H17ClN2S. The first-order chi connectivity index (χ1) is 8.61. The number of nitrogen functional groups attached to an aromatic ring is 1. The van der Waals surface area contributed by atoms with Crippen molar-refractivity contribution >= 4 is 28.6 Å². The molecule has 0 spiro atoms. The fourth-order valence-corrected chi connectivity index (χ4v) is 3.04. The van der Waals surface area contributed by atoms with Gasteiger partial charge in [0, 0.05) is 21.6 Å². The van der Waals surface area contributed by atoms with Gasteiger partial charge in [-0.25, -0.2) is 0 Å². The van der Waals surface area contributed by atoms with Gasteiger partial charge in [0.15, 0.2) is 0 Å². The third-order valence-electron chi connectivity index (χ3n) is 3.15. The first kappa shape index (κ1) is 13.4. The number of likely N-dealkylation sites (N-methyl/N-ethyl adjacent to an activating group) is 1. The Morgan fingerprint density at radius 3 is 2.72 bits per heavy atom. The Morgan fingerprint density at radius 2 is 2.17 bits per heavy atom. The lowest BCUT2D eigenvalue weighted by Crippen LogP contribution is -2.19. The summed E-state index contributed by atoms with van der Waals surface area (Å²) in [6, 6.07) is 8.17. The summed E-state index contributed by atoms with van der Waals surface area (Å²) < 4.78 is 0. The zero-order chi connectivity index (χ0) is 13.1. The molecule has 18 heavy (non-hydrogen) atoms. The Labute approximate surface area is 117 Å². The molecule has 1 atom stereocenters. The second-order valence-corrected chi connectivity index (χ2v) is 5.88. The lowest BCUT2D eigenvalue weighted by atomic mass is 9.98. The predicted molar refractivity (Wildman–Crippen MR) is 80.4 cm³/mol. The van der Waals surface area contributed by atoms with Gasteiger partial charge >= 0.3 is 0 Å². The van der Waals surface area contributed by atoms with Gasteiger partial charge < -0.3 is 11.1 Å². The summed E-state index contributed by atoms with van der Waals surface area (Å²) in [6.07, 6.45) is 0.872. The maximum atomic E-state index is 6.01. The van der Waals surface area contributed by atoms with Crippen LogP contribution in [0.25, 0.3) is 0 Å². The molecule has 0 saturated heterocycles. The number of nitrogens with two attached hydrogens (primary N) is 1. The van der Waals surface area contributed by atoms with Crippen molar-refractivity contribution in [1.82, 2.24) is 5.32 Å². The first-order valence-electron chi connectivity index (χ1n) is 5.87. The zero-order valence-corrected chi connectivity index (χ0v) is 12.1. The lowest BCUT2D eigenvalue weighted by Gasteiger charge is -2.17. The van der Waals surface area contributed by atoms with Crippen molar-refractivity contribution in [3.63, 3.8) is 0 Å². The zero-order valence-electron chi connectivity index (χ0n) is 10.5. The summed E-state index contributed by atoms with van der Waals surface area (Å²) in [7, 11) is 1.98. The standard InChI is InChI=1S/C14H17ClN2S/c1-9-12(5-6-18-9)14(17-2)7-10-3-4-11(15)8-13(10)16/h3-6,8,14,17H,7,16H2,1-2H3. The molecule has 4 heteroatoms. The normalized spacial score (nSPS) is 12.6. The van der Waals surface area contributed by atoms with Crippen molar-refractivity contribution in [3.8, 4) is 0 Å². The van der Waals surface area contributed by atoms with Crippen LogP contribution in [0.5, 0.6) is 0 Å². The van der Waals surface area contributed by atoms with Crippen LogP contribution >= 0.6 is 22.9 Å². The van der Waals surface area contributed by atoms with E-state index in [0.29, 0.717) is 11.1 Å². The molecule has 1 aromatic carbocycles. The van der Waals surface area contributed by atoms with Gasteiger partial charge in [0.05, 0.1) is 0 Å². The highest BCUT2D eigenvalue weighted by Crippen LogP contribution is 2.28. The Balaban J connectivity index is 2.23. The molecule has 0 bridgehead atoms. The van der Waals surface area contributed by atoms with Crippen molar-refractivity contribution < 1.29 is 0 Å². The van der Waals surface area contributed by atoms with Crippen LogP contribution in [0.4, 0.5) is 5.69 Å². The topological polar surface area (TPSA) is 38.0 Å². The lowest BCUT2D eigenvalue weighted by molar-refractivity contribution is 0.592. The Kier molecular flexibility index (Phi) is 4.27. The van der Waals surface area contributed by atoms with Gasteiger partial charge in [-0.15, -0.1) is 11.3 Å². The molecule has 0 aliphatic rings. The Hall–Kier alpha value is -1.03. The first-order valence-corrected chi connectivity index (χ1v) is 7.12. The van der Waals surface area contributed by atoms with E-state index in [2.05, 4.69) is 23.7 Å². The van der Waals surface area contributed by atoms with E-state index in [1.807, 2.05) is 25.2 Å². The largest absolute Gasteiger partial charge is 0.398 e. The third kappa shape index (κ3) is 2.86. The average molecular weight is 281 g/mol. The number of hydrogen-bond donors (Lipinski definition) is 2. The summed E-state index contributed by atoms with van der Waals surface area (Å²) in [5.41, 5.74) is 9.24. The minimum absolute atomic E-state index is 0.291. The summed E-state index contributed by atoms with van der Waals surface area (Å²) in [5.74, 6) is 0. The van der Waals surface area contributed by atoms with E-state index in [9.17, 15) is 0 Å². The fourth-order valence-electron chi connectivity index (χ4n) is 2.10. The van der Waals surface area contributed by atoms with Crippen LogP contribution in [0.15, 0.2) is 29.6 Å². The van der Waals surface area contributed by atoms with Gasteiger partial charge in [-0.05, 0) is 55.1 Å². The van der Waals surface area contributed by atoms with Crippen LogP contribution in [0.3, 0.4) is 0 Å². The number of anilines is 1. The summed E-state index contributed by atoms with van der Waals surface area (Å²) in [5, 5.41) is 6.16. The monoisotopic (exact) mass is 280 g/mol. The van der Waals surface area contributed by atoms with E-state index < -0.39 is 0 Å². The SMILES string of the molecule is CNC(Cc1ccc(Cl)cc1N)c1ccsc1C. The van der Waals surface area contributed by atoms with Crippen molar-refractivity contribution in [3.05, 3.63) is 50.7 Å². The predicted octanol–water partition coefficient (Wildman–Crippen LogP) is 3.80. The second kappa shape index (κ2) is 5.74. The minimum Gasteiger partial charge on any atom is -0.398 e. The van der Waals surface area contributed by atoms with Gasteiger partial charge in [0.2, 0.25) is 0 Å². The van der Waals surface area contributed by atoms with E-state index in [-0.39, 0.29) is 0 Å². The molecule has 1 unspecified atom stereocenters. The van der Waals surface area contributed by atoms with Crippen LogP contribution < -0.4 is 11.1 Å². The molecule has 0 aliphatic heterocycles. The molecule has 2 rings (SSSR count). The van der Waals surface area contributed by atoms with E-state index >= 15 is 0 Å². The summed E-state index contributed by atoms with van der Waals surface area (Å²) in [6.45, 7) is 2.15. The molecule has 0 fully saturated rings. The number of aryl methyl sites for hydroxylation is 1. The molecule has 2 aromatic rings. The van der Waals surface area contributed by atoms with Gasteiger partial charge in [-0.2, -0.15) is 0 Å². The van der Waals surface area contributed by atoms with Gasteiger partial charge in [0.1, 0.15) is 0 Å². The molecule has 0 aliphatic carbocycles. The number of nitrogens with one attached hydrogen (secondary N) is 1. The molecular weight excluding hydrogens is 264 g/mol. The molecule has 3 N–H and O–H groups in total. The maximum absolute atomic E-state index is 6.01. The van der Waals surface area contributed by atoms with Crippen molar-refractivity contribution in [2.24, 2.45) is 0 Å². The number of benzene rings is 1.